The van der Waals surface area contributed by atoms with Crippen molar-refractivity contribution in [2.45, 2.75) is 5.92 Å². The van der Waals surface area contributed by atoms with Gasteiger partial charge >= 0.3 is 0 Å². The highest BCUT2D eigenvalue weighted by Gasteiger charge is 2.62. The Kier molecular flexibility index (Phi) is 2.34. The second-order valence-corrected chi connectivity index (χ2v) is 4.65. The highest BCUT2D eigenvalue weighted by Crippen LogP contribution is 2.58. The molecule has 0 aromatic heterocycles. The fraction of sp³-hybridized carbons (Fsp3) is 0.417. The zero-order valence-electron chi connectivity index (χ0n) is 9.78. The maximum Gasteiger partial charge on any atom is 0.269 e. The number of hydrogen-bond acceptors (Lipinski definition) is 4. The van der Waals surface area contributed by atoms with Crippen molar-refractivity contribution in [3.63, 3.8) is 0 Å². The molecule has 0 radical (unpaired) electrons. The fourth-order valence-electron chi connectivity index (χ4n) is 2.82. The van der Waals surface area contributed by atoms with Gasteiger partial charge in [-0.3, -0.25) is 19.7 Å². The van der Waals surface area contributed by atoms with Crippen molar-refractivity contribution < 1.29 is 14.6 Å². The molecule has 6 heteroatoms. The summed E-state index contributed by atoms with van der Waals surface area (Å²) >= 11 is 0. The third-order valence-electron chi connectivity index (χ3n) is 3.79. The minimum atomic E-state index is -0.421. The van der Waals surface area contributed by atoms with Gasteiger partial charge in [0.15, 0.2) is 0 Å². The van der Waals surface area contributed by atoms with Crippen LogP contribution in [-0.2, 0) is 9.63 Å². The Morgan fingerprint density at radius 1 is 1.33 bits per heavy atom. The summed E-state index contributed by atoms with van der Waals surface area (Å²) in [6.07, 6.45) is 0. The van der Waals surface area contributed by atoms with Crippen molar-refractivity contribution in [3.05, 3.63) is 39.9 Å². The lowest BCUT2D eigenvalue weighted by Crippen LogP contribution is -2.28. The molecule has 1 aromatic carbocycles. The molecule has 0 bridgehead atoms. The first kappa shape index (κ1) is 11.2. The third kappa shape index (κ3) is 1.49. The van der Waals surface area contributed by atoms with E-state index in [1.54, 1.807) is 12.1 Å². The molecule has 1 amide bonds. The van der Waals surface area contributed by atoms with Crippen LogP contribution in [0, 0.1) is 22.0 Å². The van der Waals surface area contributed by atoms with Gasteiger partial charge in [0.2, 0.25) is 5.91 Å². The summed E-state index contributed by atoms with van der Waals surface area (Å²) in [5.41, 5.74) is 1.08. The maximum atomic E-state index is 11.8. The molecule has 1 aromatic rings. The second kappa shape index (κ2) is 3.78. The average molecular weight is 248 g/mol. The van der Waals surface area contributed by atoms with Crippen LogP contribution in [0.4, 0.5) is 5.69 Å². The van der Waals surface area contributed by atoms with Gasteiger partial charge in [-0.05, 0) is 11.5 Å². The van der Waals surface area contributed by atoms with Gasteiger partial charge in [-0.25, -0.2) is 5.06 Å². The molecule has 18 heavy (non-hydrogen) atoms. The zero-order chi connectivity index (χ0) is 12.9. The largest absolute Gasteiger partial charge is 0.274 e. The quantitative estimate of drug-likeness (QED) is 0.597. The van der Waals surface area contributed by atoms with Gasteiger partial charge in [0.05, 0.1) is 24.5 Å². The van der Waals surface area contributed by atoms with E-state index in [0.717, 1.165) is 5.56 Å². The number of hydrogen-bond donors (Lipinski definition) is 0. The SMILES string of the molecule is CON1CC2C(C1=O)C2c1ccc([N+](=O)[O-])cc1. The molecule has 1 aliphatic carbocycles. The Balaban J connectivity index is 1.76. The predicted octanol–water partition coefficient (Wildman–Crippen LogP) is 1.33. The number of nitrogens with zero attached hydrogens (tertiary/aromatic N) is 2. The van der Waals surface area contributed by atoms with Gasteiger partial charge in [-0.1, -0.05) is 12.1 Å². The Labute approximate surface area is 103 Å². The van der Waals surface area contributed by atoms with E-state index in [9.17, 15) is 14.9 Å². The van der Waals surface area contributed by atoms with E-state index in [-0.39, 0.29) is 23.4 Å². The lowest BCUT2D eigenvalue weighted by molar-refractivity contribution is -0.384. The van der Waals surface area contributed by atoms with Crippen LogP contribution in [0.15, 0.2) is 24.3 Å². The van der Waals surface area contributed by atoms with Crippen molar-refractivity contribution in [1.29, 1.82) is 0 Å². The number of rotatable bonds is 3. The third-order valence-corrected chi connectivity index (χ3v) is 3.79. The van der Waals surface area contributed by atoms with Crippen LogP contribution in [0.3, 0.4) is 0 Å². The molecular weight excluding hydrogens is 236 g/mol. The van der Waals surface area contributed by atoms with Crippen LogP contribution in [0.5, 0.6) is 0 Å². The highest BCUT2D eigenvalue weighted by molar-refractivity contribution is 5.86. The van der Waals surface area contributed by atoms with Crippen molar-refractivity contribution in [2.75, 3.05) is 13.7 Å². The van der Waals surface area contributed by atoms with Crippen molar-refractivity contribution >= 4 is 11.6 Å². The maximum absolute atomic E-state index is 11.8. The molecule has 0 spiro atoms. The number of piperidine rings is 1. The van der Waals surface area contributed by atoms with Crippen molar-refractivity contribution in [3.8, 4) is 0 Å². The van der Waals surface area contributed by atoms with Crippen molar-refractivity contribution in [1.82, 2.24) is 5.06 Å². The number of non-ortho nitro benzene ring substituents is 1. The first-order valence-electron chi connectivity index (χ1n) is 5.73. The summed E-state index contributed by atoms with van der Waals surface area (Å²) in [6, 6.07) is 6.46. The second-order valence-electron chi connectivity index (χ2n) is 4.65. The Hall–Kier alpha value is -1.95. The van der Waals surface area contributed by atoms with E-state index < -0.39 is 4.92 Å². The summed E-state index contributed by atoms with van der Waals surface area (Å²) in [7, 11) is 1.49. The number of nitro benzene ring substituents is 1. The van der Waals surface area contributed by atoms with Crippen LogP contribution in [0.1, 0.15) is 11.5 Å². The number of benzene rings is 1. The molecule has 2 aliphatic rings. The minimum Gasteiger partial charge on any atom is -0.274 e. The molecule has 1 saturated heterocycles. The number of fused-ring (bicyclic) bond motifs is 1. The Bertz CT molecular complexity index is 513. The number of amides is 1. The lowest BCUT2D eigenvalue weighted by Gasteiger charge is -2.16. The van der Waals surface area contributed by atoms with E-state index in [4.69, 9.17) is 4.84 Å². The monoisotopic (exact) mass is 248 g/mol. The van der Waals surface area contributed by atoms with E-state index >= 15 is 0 Å². The first-order chi connectivity index (χ1) is 8.63. The Morgan fingerprint density at radius 2 is 2.00 bits per heavy atom. The van der Waals surface area contributed by atoms with E-state index in [2.05, 4.69) is 0 Å². The number of carbonyl (C=O) groups is 1. The lowest BCUT2D eigenvalue weighted by atomic mass is 10.1. The van der Waals surface area contributed by atoms with Gasteiger partial charge in [0.25, 0.3) is 5.69 Å². The van der Waals surface area contributed by atoms with Crippen LogP contribution in [0.25, 0.3) is 0 Å². The van der Waals surface area contributed by atoms with E-state index in [0.29, 0.717) is 12.5 Å². The van der Waals surface area contributed by atoms with Gasteiger partial charge in [-0.15, -0.1) is 0 Å². The molecule has 3 unspecified atom stereocenters. The number of nitro groups is 1. The normalized spacial score (nSPS) is 29.3. The van der Waals surface area contributed by atoms with Gasteiger partial charge < -0.3 is 0 Å². The standard InChI is InChI=1S/C12H12N2O4/c1-18-13-6-9-10(11(9)12(13)15)7-2-4-8(5-3-7)14(16)17/h2-5,9-11H,6H2,1H3. The summed E-state index contributed by atoms with van der Waals surface area (Å²) in [6.45, 7) is 0.613. The van der Waals surface area contributed by atoms with Crippen LogP contribution < -0.4 is 0 Å². The number of hydroxylamine groups is 2. The first-order valence-corrected chi connectivity index (χ1v) is 5.73. The topological polar surface area (TPSA) is 72.7 Å². The smallest absolute Gasteiger partial charge is 0.269 e. The van der Waals surface area contributed by atoms with Gasteiger partial charge in [-0.2, -0.15) is 0 Å². The van der Waals surface area contributed by atoms with Gasteiger partial charge in [0, 0.05) is 18.1 Å². The molecule has 1 aliphatic heterocycles. The summed E-state index contributed by atoms with van der Waals surface area (Å²) in [5, 5.41) is 11.9. The zero-order valence-corrected chi connectivity index (χ0v) is 9.78. The van der Waals surface area contributed by atoms with E-state index in [1.807, 2.05) is 0 Å². The van der Waals surface area contributed by atoms with E-state index in [1.165, 1.54) is 24.3 Å². The molecule has 94 valence electrons. The summed E-state index contributed by atoms with van der Waals surface area (Å²) in [4.78, 5) is 26.9. The number of carbonyl (C=O) groups excluding carboxylic acids is 1. The van der Waals surface area contributed by atoms with Crippen LogP contribution in [-0.4, -0.2) is 29.5 Å². The molecule has 3 rings (SSSR count). The van der Waals surface area contributed by atoms with Gasteiger partial charge in [0.1, 0.15) is 0 Å². The molecule has 2 fully saturated rings. The summed E-state index contributed by atoms with van der Waals surface area (Å²) in [5.74, 6) is 0.501. The van der Waals surface area contributed by atoms with Crippen molar-refractivity contribution in [2.24, 2.45) is 11.8 Å². The molecule has 1 saturated carbocycles. The molecule has 3 atom stereocenters. The molecular formula is C12H12N2O4. The Morgan fingerprint density at radius 3 is 2.44 bits per heavy atom. The fourth-order valence-corrected chi connectivity index (χ4v) is 2.82. The molecule has 0 N–H and O–H groups in total. The minimum absolute atomic E-state index is 0.00796. The van der Waals surface area contributed by atoms with Crippen LogP contribution in [0.2, 0.25) is 0 Å². The predicted molar refractivity (Wildman–Crippen MR) is 61.5 cm³/mol. The molecule has 6 nitrogen and oxygen atoms in total. The summed E-state index contributed by atoms with van der Waals surface area (Å²) < 4.78 is 0. The molecule has 1 heterocycles. The average Bonchev–Trinajstić information content (AvgIpc) is 3.00. The van der Waals surface area contributed by atoms with Crippen LogP contribution >= 0.6 is 0 Å². The highest BCUT2D eigenvalue weighted by atomic mass is 16.7.